The second-order valence-corrected chi connectivity index (χ2v) is 8.56. The maximum atomic E-state index is 13.3. The Hall–Kier alpha value is -0.690. The molecular weight excluding hydrogens is 315 g/mol. The molecule has 1 N–H and O–H groups in total. The maximum Gasteiger partial charge on any atom is 0.243 e. The van der Waals surface area contributed by atoms with Crippen molar-refractivity contribution < 1.29 is 12.8 Å². The van der Waals surface area contributed by atoms with Crippen molar-refractivity contribution in [1.82, 2.24) is 9.62 Å². The van der Waals surface area contributed by atoms with Gasteiger partial charge in [-0.25, -0.2) is 12.8 Å². The molecule has 0 amide bonds. The van der Waals surface area contributed by atoms with Crippen LogP contribution in [0.15, 0.2) is 23.1 Å². The first-order chi connectivity index (χ1) is 9.74. The normalized spacial score (nSPS) is 28.8. The van der Waals surface area contributed by atoms with E-state index in [1.165, 1.54) is 12.1 Å². The van der Waals surface area contributed by atoms with Crippen molar-refractivity contribution in [2.75, 3.05) is 19.6 Å². The molecule has 116 valence electrons. The third-order valence-electron chi connectivity index (χ3n) is 4.77. The van der Waals surface area contributed by atoms with E-state index in [-0.39, 0.29) is 9.92 Å². The molecule has 0 bridgehead atoms. The van der Waals surface area contributed by atoms with Crippen LogP contribution in [0.2, 0.25) is 5.02 Å². The van der Waals surface area contributed by atoms with Gasteiger partial charge in [-0.1, -0.05) is 11.6 Å². The van der Waals surface area contributed by atoms with E-state index in [4.69, 9.17) is 11.6 Å². The Bertz CT molecular complexity index is 678. The molecule has 2 atom stereocenters. The molecule has 2 heterocycles. The minimum absolute atomic E-state index is 0.0508. The van der Waals surface area contributed by atoms with Gasteiger partial charge in [0, 0.05) is 18.6 Å². The molecule has 2 aliphatic heterocycles. The van der Waals surface area contributed by atoms with Crippen LogP contribution in [0.5, 0.6) is 0 Å². The Morgan fingerprint density at radius 1 is 1.38 bits per heavy atom. The van der Waals surface area contributed by atoms with Crippen LogP contribution in [0.3, 0.4) is 0 Å². The van der Waals surface area contributed by atoms with Crippen LogP contribution < -0.4 is 5.32 Å². The lowest BCUT2D eigenvalue weighted by Gasteiger charge is -2.34. The van der Waals surface area contributed by atoms with Crippen LogP contribution in [0.4, 0.5) is 4.39 Å². The summed E-state index contributed by atoms with van der Waals surface area (Å²) in [5.41, 5.74) is -0.464. The summed E-state index contributed by atoms with van der Waals surface area (Å²) in [5, 5.41) is 3.14. The van der Waals surface area contributed by atoms with E-state index < -0.39 is 21.4 Å². The van der Waals surface area contributed by atoms with E-state index in [2.05, 4.69) is 5.32 Å². The number of sulfonamides is 1. The lowest BCUT2D eigenvalue weighted by Crippen LogP contribution is -2.47. The summed E-state index contributed by atoms with van der Waals surface area (Å²) < 4.78 is 40.5. The smallest absolute Gasteiger partial charge is 0.243 e. The third-order valence-corrected chi connectivity index (χ3v) is 7.11. The van der Waals surface area contributed by atoms with E-state index >= 15 is 0 Å². The number of nitrogens with one attached hydrogen (secondary N) is 1. The molecule has 3 rings (SSSR count). The topological polar surface area (TPSA) is 49.4 Å². The Balaban J connectivity index is 2.00. The number of rotatable bonds is 2. The SMILES string of the molecule is CC1(C)C2CNCC2CN1S(=O)(=O)c1ccc(F)c(Cl)c1. The second-order valence-electron chi connectivity index (χ2n) is 6.29. The van der Waals surface area contributed by atoms with Gasteiger partial charge in [0.25, 0.3) is 0 Å². The van der Waals surface area contributed by atoms with Gasteiger partial charge in [-0.15, -0.1) is 0 Å². The highest BCUT2D eigenvalue weighted by molar-refractivity contribution is 7.89. The van der Waals surface area contributed by atoms with Crippen LogP contribution in [0.25, 0.3) is 0 Å². The lowest BCUT2D eigenvalue weighted by molar-refractivity contribution is 0.233. The summed E-state index contributed by atoms with van der Waals surface area (Å²) in [7, 11) is -3.67. The van der Waals surface area contributed by atoms with Gasteiger partial charge in [-0.05, 0) is 50.4 Å². The molecule has 0 spiro atoms. The summed E-state index contributed by atoms with van der Waals surface area (Å²) in [5.74, 6) is 0.00580. The van der Waals surface area contributed by atoms with E-state index in [9.17, 15) is 12.8 Å². The fourth-order valence-corrected chi connectivity index (χ4v) is 5.71. The lowest BCUT2D eigenvalue weighted by atomic mass is 9.85. The van der Waals surface area contributed by atoms with E-state index in [0.717, 1.165) is 19.2 Å². The van der Waals surface area contributed by atoms with Gasteiger partial charge >= 0.3 is 0 Å². The zero-order valence-electron chi connectivity index (χ0n) is 11.9. The first kappa shape index (κ1) is 15.2. The summed E-state index contributed by atoms with van der Waals surface area (Å²) >= 11 is 5.73. The first-order valence-corrected chi connectivity index (χ1v) is 8.75. The molecule has 2 aliphatic rings. The number of hydrogen-bond acceptors (Lipinski definition) is 3. The Labute approximate surface area is 129 Å². The molecule has 2 fully saturated rings. The quantitative estimate of drug-likeness (QED) is 0.902. The number of benzene rings is 1. The predicted molar refractivity (Wildman–Crippen MR) is 79.2 cm³/mol. The van der Waals surface area contributed by atoms with E-state index in [0.29, 0.717) is 18.4 Å². The molecule has 7 heteroatoms. The Morgan fingerprint density at radius 3 is 2.71 bits per heavy atom. The van der Waals surface area contributed by atoms with Crippen molar-refractivity contribution in [2.24, 2.45) is 11.8 Å². The molecule has 0 saturated carbocycles. The minimum Gasteiger partial charge on any atom is -0.316 e. The highest BCUT2D eigenvalue weighted by Crippen LogP contribution is 2.43. The van der Waals surface area contributed by atoms with Crippen molar-refractivity contribution >= 4 is 21.6 Å². The number of hydrogen-bond donors (Lipinski definition) is 1. The molecular formula is C14H18ClFN2O2S. The van der Waals surface area contributed by atoms with Gasteiger partial charge < -0.3 is 5.32 Å². The Morgan fingerprint density at radius 2 is 2.10 bits per heavy atom. The van der Waals surface area contributed by atoms with E-state index in [1.54, 1.807) is 4.31 Å². The molecule has 0 aliphatic carbocycles. The fourth-order valence-electron chi connectivity index (χ4n) is 3.56. The molecule has 1 aromatic rings. The molecule has 2 unspecified atom stereocenters. The van der Waals surface area contributed by atoms with Crippen LogP contribution in [-0.2, 0) is 10.0 Å². The van der Waals surface area contributed by atoms with Crippen LogP contribution >= 0.6 is 11.6 Å². The first-order valence-electron chi connectivity index (χ1n) is 6.93. The molecule has 4 nitrogen and oxygen atoms in total. The van der Waals surface area contributed by atoms with Crippen LogP contribution in [0.1, 0.15) is 13.8 Å². The maximum absolute atomic E-state index is 13.3. The van der Waals surface area contributed by atoms with Crippen LogP contribution in [-0.4, -0.2) is 37.9 Å². The average Bonchev–Trinajstić information content (AvgIpc) is 2.95. The molecule has 0 radical (unpaired) electrons. The summed E-state index contributed by atoms with van der Waals surface area (Å²) in [4.78, 5) is 0.0508. The highest BCUT2D eigenvalue weighted by atomic mass is 35.5. The second kappa shape index (κ2) is 4.91. The zero-order valence-corrected chi connectivity index (χ0v) is 13.5. The van der Waals surface area contributed by atoms with Crippen molar-refractivity contribution in [1.29, 1.82) is 0 Å². The highest BCUT2D eigenvalue weighted by Gasteiger charge is 2.54. The van der Waals surface area contributed by atoms with Gasteiger partial charge in [0.05, 0.1) is 9.92 Å². The summed E-state index contributed by atoms with van der Waals surface area (Å²) in [6.07, 6.45) is 0. The molecule has 2 saturated heterocycles. The van der Waals surface area contributed by atoms with Crippen molar-refractivity contribution in [3.05, 3.63) is 29.0 Å². The number of nitrogens with zero attached hydrogens (tertiary/aromatic N) is 1. The van der Waals surface area contributed by atoms with Gasteiger partial charge in [-0.2, -0.15) is 4.31 Å². The molecule has 0 aromatic heterocycles. The van der Waals surface area contributed by atoms with Crippen LogP contribution in [0, 0.1) is 17.7 Å². The summed E-state index contributed by atoms with van der Waals surface area (Å²) in [6.45, 7) is 6.06. The monoisotopic (exact) mass is 332 g/mol. The minimum atomic E-state index is -3.67. The van der Waals surface area contributed by atoms with Gasteiger partial charge in [0.2, 0.25) is 10.0 Å². The number of halogens is 2. The van der Waals surface area contributed by atoms with Gasteiger partial charge in [0.15, 0.2) is 0 Å². The van der Waals surface area contributed by atoms with Gasteiger partial charge in [-0.3, -0.25) is 0 Å². The molecule has 1 aromatic carbocycles. The van der Waals surface area contributed by atoms with Crippen molar-refractivity contribution in [3.63, 3.8) is 0 Å². The van der Waals surface area contributed by atoms with E-state index in [1.807, 2.05) is 13.8 Å². The fraction of sp³-hybridized carbons (Fsp3) is 0.571. The Kier molecular flexibility index (Phi) is 3.56. The predicted octanol–water partition coefficient (Wildman–Crippen LogP) is 2.10. The average molecular weight is 333 g/mol. The standard InChI is InChI=1S/C14H18ClFN2O2S/c1-14(2)11-7-17-6-9(11)8-18(14)21(19,20)10-3-4-13(16)12(15)5-10/h3-5,9,11,17H,6-8H2,1-2H3. The van der Waals surface area contributed by atoms with Gasteiger partial charge in [0.1, 0.15) is 5.82 Å². The third kappa shape index (κ3) is 2.29. The number of fused-ring (bicyclic) bond motifs is 1. The van der Waals surface area contributed by atoms with Crippen molar-refractivity contribution in [3.8, 4) is 0 Å². The van der Waals surface area contributed by atoms with Crippen molar-refractivity contribution in [2.45, 2.75) is 24.3 Å². The largest absolute Gasteiger partial charge is 0.316 e. The molecule has 21 heavy (non-hydrogen) atoms. The summed E-state index contributed by atoms with van der Waals surface area (Å²) in [6, 6.07) is 3.56. The zero-order chi connectivity index (χ0) is 15.4.